The second-order valence-corrected chi connectivity index (χ2v) is 2.98. The lowest BCUT2D eigenvalue weighted by molar-refractivity contribution is -0.144. The summed E-state index contributed by atoms with van der Waals surface area (Å²) >= 11 is 5.61. The predicted molar refractivity (Wildman–Crippen MR) is 47.2 cm³/mol. The van der Waals surface area contributed by atoms with Crippen LogP contribution in [-0.4, -0.2) is 29.2 Å². The number of carbonyl (C=O) groups excluding carboxylic acids is 1. The summed E-state index contributed by atoms with van der Waals surface area (Å²) < 4.78 is 4.64. The smallest absolute Gasteiger partial charge is 0.326 e. The molecular formula is C8H15ClO3. The summed E-state index contributed by atoms with van der Waals surface area (Å²) in [5, 5.41) is 8.36. The van der Waals surface area contributed by atoms with Crippen LogP contribution >= 0.6 is 11.6 Å². The highest BCUT2D eigenvalue weighted by Crippen LogP contribution is 2.10. The molecule has 0 aromatic carbocycles. The minimum atomic E-state index is -0.926. The zero-order valence-corrected chi connectivity index (χ0v) is 8.17. The largest absolute Gasteiger partial charge is 0.465 e. The standard InChI is InChI=1S/C8H15ClO3/c1-3-5-6(10)7(9)8(11)12-4-2/h6-7,10H,3-5H2,1-2H3/t6-,7-/m1/s1. The summed E-state index contributed by atoms with van der Waals surface area (Å²) in [6.07, 6.45) is 0.521. The first-order valence-corrected chi connectivity index (χ1v) is 4.55. The summed E-state index contributed by atoms with van der Waals surface area (Å²) in [6.45, 7) is 3.91. The molecule has 3 nitrogen and oxygen atoms in total. The highest BCUT2D eigenvalue weighted by Gasteiger charge is 2.24. The van der Waals surface area contributed by atoms with Gasteiger partial charge in [-0.1, -0.05) is 13.3 Å². The zero-order chi connectivity index (χ0) is 9.56. The summed E-state index contributed by atoms with van der Waals surface area (Å²) in [5.41, 5.74) is 0. The van der Waals surface area contributed by atoms with Gasteiger partial charge in [0.05, 0.1) is 12.7 Å². The normalized spacial score (nSPS) is 15.3. The maximum Gasteiger partial charge on any atom is 0.326 e. The van der Waals surface area contributed by atoms with E-state index >= 15 is 0 Å². The van der Waals surface area contributed by atoms with Crippen molar-refractivity contribution in [2.75, 3.05) is 6.61 Å². The molecule has 0 aromatic heterocycles. The predicted octanol–water partition coefficient (Wildman–Crippen LogP) is 1.32. The molecule has 4 heteroatoms. The van der Waals surface area contributed by atoms with E-state index in [1.807, 2.05) is 6.92 Å². The Morgan fingerprint density at radius 3 is 2.58 bits per heavy atom. The molecule has 0 aromatic rings. The van der Waals surface area contributed by atoms with Crippen molar-refractivity contribution in [3.05, 3.63) is 0 Å². The number of rotatable bonds is 5. The van der Waals surface area contributed by atoms with E-state index in [1.54, 1.807) is 6.92 Å². The fourth-order valence-corrected chi connectivity index (χ4v) is 1.01. The van der Waals surface area contributed by atoms with Crippen LogP contribution < -0.4 is 0 Å². The molecule has 12 heavy (non-hydrogen) atoms. The van der Waals surface area contributed by atoms with Crippen LogP contribution in [-0.2, 0) is 9.53 Å². The van der Waals surface area contributed by atoms with Crippen LogP contribution in [0, 0.1) is 0 Å². The SMILES string of the molecule is CCC[C@@H](O)[C@@H](Cl)C(=O)OCC. The second-order valence-electron chi connectivity index (χ2n) is 2.51. The van der Waals surface area contributed by atoms with Gasteiger partial charge in [0.1, 0.15) is 0 Å². The molecule has 0 saturated heterocycles. The van der Waals surface area contributed by atoms with Crippen LogP contribution in [0.25, 0.3) is 0 Å². The van der Waals surface area contributed by atoms with Crippen LogP contribution in [0.4, 0.5) is 0 Å². The fourth-order valence-electron chi connectivity index (χ4n) is 0.821. The molecule has 0 aliphatic rings. The monoisotopic (exact) mass is 194 g/mol. The first kappa shape index (κ1) is 11.7. The lowest BCUT2D eigenvalue weighted by atomic mass is 10.1. The van der Waals surface area contributed by atoms with E-state index in [2.05, 4.69) is 4.74 Å². The van der Waals surface area contributed by atoms with Crippen LogP contribution in [0.5, 0.6) is 0 Å². The maximum absolute atomic E-state index is 10.9. The van der Waals surface area contributed by atoms with Crippen molar-refractivity contribution < 1.29 is 14.6 Å². The molecule has 0 radical (unpaired) electrons. The molecule has 0 heterocycles. The van der Waals surface area contributed by atoms with Gasteiger partial charge >= 0.3 is 5.97 Å². The molecule has 0 unspecified atom stereocenters. The van der Waals surface area contributed by atoms with E-state index in [1.165, 1.54) is 0 Å². The van der Waals surface area contributed by atoms with Crippen molar-refractivity contribution in [2.45, 2.75) is 38.2 Å². The van der Waals surface area contributed by atoms with Crippen LogP contribution in [0.15, 0.2) is 0 Å². The van der Waals surface area contributed by atoms with Crippen molar-refractivity contribution >= 4 is 17.6 Å². The van der Waals surface area contributed by atoms with Gasteiger partial charge in [-0.2, -0.15) is 0 Å². The zero-order valence-electron chi connectivity index (χ0n) is 7.42. The van der Waals surface area contributed by atoms with E-state index in [0.29, 0.717) is 13.0 Å². The number of hydrogen-bond donors (Lipinski definition) is 1. The minimum absolute atomic E-state index is 0.293. The Labute approximate surface area is 77.7 Å². The highest BCUT2D eigenvalue weighted by atomic mass is 35.5. The number of esters is 1. The molecule has 0 bridgehead atoms. The first-order valence-electron chi connectivity index (χ1n) is 4.12. The number of ether oxygens (including phenoxy) is 1. The summed E-state index contributed by atoms with van der Waals surface area (Å²) in [6, 6.07) is 0. The van der Waals surface area contributed by atoms with E-state index in [9.17, 15) is 9.90 Å². The average Bonchev–Trinajstić information content (AvgIpc) is 2.04. The lowest BCUT2D eigenvalue weighted by Crippen LogP contribution is -2.30. The molecule has 0 rings (SSSR count). The van der Waals surface area contributed by atoms with Crippen LogP contribution in [0.1, 0.15) is 26.7 Å². The number of aliphatic hydroxyl groups is 1. The first-order chi connectivity index (χ1) is 5.63. The van der Waals surface area contributed by atoms with Crippen molar-refractivity contribution in [3.63, 3.8) is 0 Å². The topological polar surface area (TPSA) is 46.5 Å². The summed E-state index contributed by atoms with van der Waals surface area (Å²) in [4.78, 5) is 10.9. The summed E-state index contributed by atoms with van der Waals surface area (Å²) in [7, 11) is 0. The van der Waals surface area contributed by atoms with Gasteiger partial charge in [-0.25, -0.2) is 0 Å². The number of halogens is 1. The molecule has 1 N–H and O–H groups in total. The van der Waals surface area contributed by atoms with Crippen molar-refractivity contribution in [3.8, 4) is 0 Å². The highest BCUT2D eigenvalue weighted by molar-refractivity contribution is 6.30. The maximum atomic E-state index is 10.9. The molecule has 72 valence electrons. The third-order valence-electron chi connectivity index (χ3n) is 1.43. The molecule has 0 fully saturated rings. The van der Waals surface area contributed by atoms with Gasteiger partial charge in [0.2, 0.25) is 0 Å². The Morgan fingerprint density at radius 2 is 2.17 bits per heavy atom. The number of alkyl halides is 1. The van der Waals surface area contributed by atoms with E-state index in [0.717, 1.165) is 6.42 Å². The Balaban J connectivity index is 3.82. The van der Waals surface area contributed by atoms with Gasteiger partial charge in [0, 0.05) is 0 Å². The fraction of sp³-hybridized carbons (Fsp3) is 0.875. The van der Waals surface area contributed by atoms with Gasteiger partial charge in [0.15, 0.2) is 5.38 Å². The lowest BCUT2D eigenvalue weighted by Gasteiger charge is -2.14. The number of carbonyl (C=O) groups is 1. The van der Waals surface area contributed by atoms with Crippen molar-refractivity contribution in [1.29, 1.82) is 0 Å². The molecule has 2 atom stereocenters. The van der Waals surface area contributed by atoms with E-state index < -0.39 is 17.5 Å². The van der Waals surface area contributed by atoms with Crippen molar-refractivity contribution in [1.82, 2.24) is 0 Å². The molecule has 0 aliphatic heterocycles. The van der Waals surface area contributed by atoms with Gasteiger partial charge < -0.3 is 9.84 Å². The van der Waals surface area contributed by atoms with E-state index in [4.69, 9.17) is 11.6 Å². The quantitative estimate of drug-likeness (QED) is 0.531. The Kier molecular flexibility index (Phi) is 6.11. The average molecular weight is 195 g/mol. The van der Waals surface area contributed by atoms with Crippen molar-refractivity contribution in [2.24, 2.45) is 0 Å². The molecule has 0 amide bonds. The molecule has 0 saturated carbocycles. The van der Waals surface area contributed by atoms with Crippen LogP contribution in [0.2, 0.25) is 0 Å². The van der Waals surface area contributed by atoms with E-state index in [-0.39, 0.29) is 0 Å². The Hall–Kier alpha value is -0.280. The number of hydrogen-bond acceptors (Lipinski definition) is 3. The van der Waals surface area contributed by atoms with Gasteiger partial charge in [-0.15, -0.1) is 11.6 Å². The summed E-state index contributed by atoms with van der Waals surface area (Å²) in [5.74, 6) is -0.542. The molecule has 0 aliphatic carbocycles. The second kappa shape index (κ2) is 6.26. The Bertz CT molecular complexity index is 138. The van der Waals surface area contributed by atoms with Gasteiger partial charge in [-0.3, -0.25) is 4.79 Å². The van der Waals surface area contributed by atoms with Gasteiger partial charge in [-0.05, 0) is 13.3 Å². The molecular weight excluding hydrogens is 180 g/mol. The third kappa shape index (κ3) is 3.93. The number of aliphatic hydroxyl groups excluding tert-OH is 1. The van der Waals surface area contributed by atoms with Gasteiger partial charge in [0.25, 0.3) is 0 Å². The molecule has 0 spiro atoms. The minimum Gasteiger partial charge on any atom is -0.465 e. The Morgan fingerprint density at radius 1 is 1.58 bits per heavy atom. The van der Waals surface area contributed by atoms with Crippen LogP contribution in [0.3, 0.4) is 0 Å². The third-order valence-corrected chi connectivity index (χ3v) is 1.90.